The maximum Gasteiger partial charge on any atom is 0.283 e. The van der Waals surface area contributed by atoms with Crippen LogP contribution in [0.3, 0.4) is 0 Å². The molecule has 2 aromatic rings. The number of ether oxygens (including phenoxy) is 2. The van der Waals surface area contributed by atoms with Gasteiger partial charge in [0.25, 0.3) is 5.91 Å². The molecule has 8 heteroatoms. The first kappa shape index (κ1) is 22.9. The maximum atomic E-state index is 13.4. The summed E-state index contributed by atoms with van der Waals surface area (Å²) < 4.78 is 10.5. The Balaban J connectivity index is 1.60. The molecule has 2 amide bonds. The first-order valence-corrected chi connectivity index (χ1v) is 11.9. The second-order valence-corrected chi connectivity index (χ2v) is 8.71. The Labute approximate surface area is 198 Å². The summed E-state index contributed by atoms with van der Waals surface area (Å²) in [5, 5.41) is 0.485. The first-order valence-electron chi connectivity index (χ1n) is 10.9. The molecule has 4 rings (SSSR count). The van der Waals surface area contributed by atoms with Crippen LogP contribution in [0, 0.1) is 0 Å². The largest absolute Gasteiger partial charge is 0.497 e. The summed E-state index contributed by atoms with van der Waals surface area (Å²) in [5.41, 5.74) is 1.80. The summed E-state index contributed by atoms with van der Waals surface area (Å²) >= 11 is 1.29. The molecule has 1 fully saturated rings. The van der Waals surface area contributed by atoms with E-state index in [-0.39, 0.29) is 17.6 Å². The van der Waals surface area contributed by atoms with Crippen LogP contribution in [-0.4, -0.2) is 54.9 Å². The van der Waals surface area contributed by atoms with E-state index in [1.807, 2.05) is 47.4 Å². The van der Waals surface area contributed by atoms with Gasteiger partial charge in [-0.25, -0.2) is 4.99 Å². The van der Waals surface area contributed by atoms with Gasteiger partial charge in [-0.05, 0) is 55.2 Å². The molecule has 0 N–H and O–H groups in total. The van der Waals surface area contributed by atoms with Crippen molar-refractivity contribution in [2.75, 3.05) is 38.0 Å². The summed E-state index contributed by atoms with van der Waals surface area (Å²) in [4.78, 5) is 34.1. The zero-order chi connectivity index (χ0) is 23.2. The van der Waals surface area contributed by atoms with Gasteiger partial charge in [0.1, 0.15) is 17.2 Å². The standard InChI is InChI=1S/C25H27N3O4S/c1-31-20-11-9-18(10-12-20)15-22-24(30)28(19-7-6-8-21(16-19)32-2)25(26-22)33-17-23(29)27-13-4-3-5-14-27/h6-12,15-16H,3-5,13-14,17H2,1-2H3/b22-15-. The number of nitrogens with zero attached hydrogens (tertiary/aromatic N) is 3. The minimum absolute atomic E-state index is 0.0769. The van der Waals surface area contributed by atoms with E-state index in [9.17, 15) is 9.59 Å². The molecule has 2 aliphatic heterocycles. The fourth-order valence-electron chi connectivity index (χ4n) is 3.79. The van der Waals surface area contributed by atoms with Crippen LogP contribution in [0.4, 0.5) is 5.69 Å². The Morgan fingerprint density at radius 1 is 1.03 bits per heavy atom. The van der Waals surface area contributed by atoms with Crippen LogP contribution in [0.15, 0.2) is 59.2 Å². The van der Waals surface area contributed by atoms with Crippen LogP contribution in [-0.2, 0) is 9.59 Å². The Hall–Kier alpha value is -3.26. The van der Waals surface area contributed by atoms with Crippen LogP contribution in [0.2, 0.25) is 0 Å². The van der Waals surface area contributed by atoms with E-state index < -0.39 is 0 Å². The number of hydrogen-bond donors (Lipinski definition) is 0. The van der Waals surface area contributed by atoms with Crippen LogP contribution in [0.5, 0.6) is 11.5 Å². The average Bonchev–Trinajstić information content (AvgIpc) is 3.18. The van der Waals surface area contributed by atoms with Gasteiger partial charge < -0.3 is 14.4 Å². The van der Waals surface area contributed by atoms with Gasteiger partial charge in [-0.3, -0.25) is 14.5 Å². The van der Waals surface area contributed by atoms with Crippen LogP contribution >= 0.6 is 11.8 Å². The van der Waals surface area contributed by atoms with Crippen molar-refractivity contribution < 1.29 is 19.1 Å². The molecular weight excluding hydrogens is 438 g/mol. The second kappa shape index (κ2) is 10.6. The molecule has 0 aliphatic carbocycles. The van der Waals surface area contributed by atoms with E-state index in [0.717, 1.165) is 37.2 Å². The average molecular weight is 466 g/mol. The van der Waals surface area contributed by atoms with Crippen molar-refractivity contribution in [2.24, 2.45) is 4.99 Å². The lowest BCUT2D eigenvalue weighted by Crippen LogP contribution is -2.38. The monoisotopic (exact) mass is 465 g/mol. The fourth-order valence-corrected chi connectivity index (χ4v) is 4.70. The number of thioether (sulfide) groups is 1. The van der Waals surface area contributed by atoms with E-state index in [1.54, 1.807) is 31.3 Å². The van der Waals surface area contributed by atoms with Crippen LogP contribution in [0.25, 0.3) is 6.08 Å². The number of carbonyl (C=O) groups is 2. The number of amidine groups is 1. The highest BCUT2D eigenvalue weighted by molar-refractivity contribution is 8.14. The lowest BCUT2D eigenvalue weighted by atomic mass is 10.1. The molecule has 0 bridgehead atoms. The highest BCUT2D eigenvalue weighted by atomic mass is 32.2. The number of likely N-dealkylation sites (tertiary alicyclic amines) is 1. The number of carbonyl (C=O) groups excluding carboxylic acids is 2. The summed E-state index contributed by atoms with van der Waals surface area (Å²) in [6.07, 6.45) is 5.00. The molecule has 2 aliphatic rings. The van der Waals surface area contributed by atoms with Crippen molar-refractivity contribution in [3.05, 3.63) is 59.8 Å². The van der Waals surface area contributed by atoms with Crippen LogP contribution in [0.1, 0.15) is 24.8 Å². The molecule has 2 aromatic carbocycles. The molecule has 2 heterocycles. The molecule has 7 nitrogen and oxygen atoms in total. The topological polar surface area (TPSA) is 71.4 Å². The van der Waals surface area contributed by atoms with Gasteiger partial charge in [-0.15, -0.1) is 0 Å². The maximum absolute atomic E-state index is 13.4. The lowest BCUT2D eigenvalue weighted by Gasteiger charge is -2.27. The molecule has 0 saturated carbocycles. The van der Waals surface area contributed by atoms with Gasteiger partial charge in [0.15, 0.2) is 5.17 Å². The number of piperidine rings is 1. The molecule has 33 heavy (non-hydrogen) atoms. The molecule has 172 valence electrons. The molecule has 1 saturated heterocycles. The molecule has 0 spiro atoms. The van der Waals surface area contributed by atoms with Gasteiger partial charge in [0.2, 0.25) is 5.91 Å². The van der Waals surface area contributed by atoms with Crippen molar-refractivity contribution in [1.29, 1.82) is 0 Å². The quantitative estimate of drug-likeness (QED) is 0.598. The van der Waals surface area contributed by atoms with Gasteiger partial charge in [-0.2, -0.15) is 0 Å². The van der Waals surface area contributed by atoms with E-state index in [2.05, 4.69) is 4.99 Å². The first-order chi connectivity index (χ1) is 16.1. The third-order valence-electron chi connectivity index (χ3n) is 5.59. The van der Waals surface area contributed by atoms with Gasteiger partial charge in [0.05, 0.1) is 25.7 Å². The summed E-state index contributed by atoms with van der Waals surface area (Å²) in [5.74, 6) is 1.45. The Morgan fingerprint density at radius 3 is 2.45 bits per heavy atom. The molecule has 0 radical (unpaired) electrons. The van der Waals surface area contributed by atoms with Crippen LogP contribution < -0.4 is 14.4 Å². The second-order valence-electron chi connectivity index (χ2n) is 7.77. The number of amides is 2. The third-order valence-corrected chi connectivity index (χ3v) is 6.52. The third kappa shape index (κ3) is 5.39. The van der Waals surface area contributed by atoms with Crippen molar-refractivity contribution in [3.63, 3.8) is 0 Å². The van der Waals surface area contributed by atoms with E-state index >= 15 is 0 Å². The number of rotatable bonds is 6. The highest BCUT2D eigenvalue weighted by Gasteiger charge is 2.33. The summed E-state index contributed by atoms with van der Waals surface area (Å²) in [7, 11) is 3.19. The lowest BCUT2D eigenvalue weighted by molar-refractivity contribution is -0.129. The summed E-state index contributed by atoms with van der Waals surface area (Å²) in [6, 6.07) is 14.7. The minimum atomic E-state index is -0.244. The zero-order valence-electron chi connectivity index (χ0n) is 18.8. The number of hydrogen-bond acceptors (Lipinski definition) is 6. The van der Waals surface area contributed by atoms with Crippen molar-refractivity contribution in [2.45, 2.75) is 19.3 Å². The van der Waals surface area contributed by atoms with Crippen molar-refractivity contribution >= 4 is 40.5 Å². The normalized spacial score (nSPS) is 17.3. The fraction of sp³-hybridized carbons (Fsp3) is 0.320. The van der Waals surface area contributed by atoms with Gasteiger partial charge in [0, 0.05) is 19.2 Å². The number of aliphatic imine (C=N–C) groups is 1. The Bertz CT molecular complexity index is 1080. The van der Waals surface area contributed by atoms with Gasteiger partial charge >= 0.3 is 0 Å². The van der Waals surface area contributed by atoms with Crippen molar-refractivity contribution in [3.8, 4) is 11.5 Å². The van der Waals surface area contributed by atoms with E-state index in [4.69, 9.17) is 9.47 Å². The number of benzene rings is 2. The smallest absolute Gasteiger partial charge is 0.283 e. The van der Waals surface area contributed by atoms with Gasteiger partial charge in [-0.1, -0.05) is 30.0 Å². The number of methoxy groups -OCH3 is 2. The number of anilines is 1. The van der Waals surface area contributed by atoms with E-state index in [1.165, 1.54) is 18.2 Å². The predicted octanol–water partition coefficient (Wildman–Crippen LogP) is 4.19. The summed E-state index contributed by atoms with van der Waals surface area (Å²) in [6.45, 7) is 1.60. The Kier molecular flexibility index (Phi) is 7.34. The minimum Gasteiger partial charge on any atom is -0.497 e. The molecule has 0 aromatic heterocycles. The van der Waals surface area contributed by atoms with Crippen molar-refractivity contribution in [1.82, 2.24) is 4.90 Å². The Morgan fingerprint density at radius 2 is 1.76 bits per heavy atom. The highest BCUT2D eigenvalue weighted by Crippen LogP contribution is 2.31. The SMILES string of the molecule is COc1ccc(/C=C2\N=C(SCC(=O)N3CCCCC3)N(c3cccc(OC)c3)C2=O)cc1. The zero-order valence-corrected chi connectivity index (χ0v) is 19.6. The molecule has 0 unspecified atom stereocenters. The predicted molar refractivity (Wildman–Crippen MR) is 132 cm³/mol. The molecular formula is C25H27N3O4S. The molecule has 0 atom stereocenters. The van der Waals surface area contributed by atoms with E-state index in [0.29, 0.717) is 22.3 Å².